The zero-order chi connectivity index (χ0) is 23.5. The summed E-state index contributed by atoms with van der Waals surface area (Å²) in [7, 11) is 0. The number of carboxylic acids is 1. The van der Waals surface area contributed by atoms with Gasteiger partial charge in [0.05, 0.1) is 11.3 Å². The van der Waals surface area contributed by atoms with E-state index in [1.165, 1.54) is 0 Å². The van der Waals surface area contributed by atoms with Crippen LogP contribution < -0.4 is 0 Å². The molecule has 2 N–H and O–H groups in total. The molecule has 0 saturated carbocycles. The second kappa shape index (κ2) is 9.16. The zero-order valence-corrected chi connectivity index (χ0v) is 18.7. The summed E-state index contributed by atoms with van der Waals surface area (Å²) in [6.45, 7) is 1.97. The first-order valence-electron chi connectivity index (χ1n) is 11.1. The molecule has 2 heterocycles. The van der Waals surface area contributed by atoms with Crippen molar-refractivity contribution in [1.29, 1.82) is 0 Å². The summed E-state index contributed by atoms with van der Waals surface area (Å²) in [6, 6.07) is 13.0. The molecule has 3 aromatic rings. The van der Waals surface area contributed by atoms with Crippen molar-refractivity contribution in [3.05, 3.63) is 131 Å². The quantitative estimate of drug-likeness (QED) is 0.492. The molecule has 0 bridgehead atoms. The molecule has 0 unspecified atom stereocenters. The Morgan fingerprint density at radius 3 is 2.65 bits per heavy atom. The second-order valence-corrected chi connectivity index (χ2v) is 8.17. The highest BCUT2D eigenvalue weighted by Gasteiger charge is 2.14. The number of hydrogen-bond donors (Lipinski definition) is 2. The number of aromatic nitrogens is 3. The molecule has 0 saturated heterocycles. The van der Waals surface area contributed by atoms with Gasteiger partial charge < -0.3 is 5.11 Å². The first-order valence-corrected chi connectivity index (χ1v) is 11.1. The van der Waals surface area contributed by atoms with Crippen molar-refractivity contribution in [2.24, 2.45) is 0 Å². The van der Waals surface area contributed by atoms with E-state index in [0.29, 0.717) is 0 Å². The van der Waals surface area contributed by atoms with Crippen LogP contribution in [0.4, 0.5) is 0 Å². The van der Waals surface area contributed by atoms with Crippen LogP contribution in [0.2, 0.25) is 0 Å². The van der Waals surface area contributed by atoms with Gasteiger partial charge in [-0.3, -0.25) is 10.1 Å². The Morgan fingerprint density at radius 2 is 1.79 bits per heavy atom. The fourth-order valence-corrected chi connectivity index (χ4v) is 4.13. The van der Waals surface area contributed by atoms with Crippen LogP contribution in [0.3, 0.4) is 0 Å². The first-order chi connectivity index (χ1) is 16.6. The lowest BCUT2D eigenvalue weighted by Crippen LogP contribution is -1.96. The number of benzene rings is 1. The van der Waals surface area contributed by atoms with Crippen LogP contribution in [0, 0.1) is 6.92 Å². The summed E-state index contributed by atoms with van der Waals surface area (Å²) in [5, 5.41) is 16.8. The molecule has 2 aliphatic carbocycles. The molecule has 34 heavy (non-hydrogen) atoms. The number of hydrogen-bond acceptors (Lipinski definition) is 3. The highest BCUT2D eigenvalue weighted by molar-refractivity contribution is 5.90. The van der Waals surface area contributed by atoms with Crippen LogP contribution in [-0.4, -0.2) is 26.3 Å². The van der Waals surface area contributed by atoms with Gasteiger partial charge in [-0.2, -0.15) is 5.10 Å². The van der Waals surface area contributed by atoms with Gasteiger partial charge in [-0.1, -0.05) is 60.7 Å². The van der Waals surface area contributed by atoms with Crippen molar-refractivity contribution in [3.8, 4) is 11.4 Å². The minimum absolute atomic E-state index is 0.286. The number of carboxylic acid groups (broad SMARTS) is 1. The molecule has 0 atom stereocenters. The monoisotopic (exact) mass is 445 g/mol. The van der Waals surface area contributed by atoms with Gasteiger partial charge in [-0.15, -0.1) is 0 Å². The lowest BCUT2D eigenvalue weighted by molar-refractivity contribution is 0.0697. The normalized spacial score (nSPS) is 18.6. The Balaban J connectivity index is 1.48. The summed E-state index contributed by atoms with van der Waals surface area (Å²) in [6.07, 6.45) is 19.5. The SMILES string of the molecule is Cc1cccc(-c2n[nH]cc2C2=C\C=C\C3=CC(c4cccc(C(=O)O)c4)=CCC=C3/C=C\2)n1. The molecular weight excluding hydrogens is 422 g/mol. The zero-order valence-electron chi connectivity index (χ0n) is 18.7. The Bertz CT molecular complexity index is 1460. The number of aromatic carboxylic acids is 1. The molecule has 2 aromatic heterocycles. The number of aryl methyl sites for hydroxylation is 1. The molecule has 0 spiro atoms. The average Bonchev–Trinajstić information content (AvgIpc) is 3.22. The van der Waals surface area contributed by atoms with Gasteiger partial charge in [-0.25, -0.2) is 4.79 Å². The van der Waals surface area contributed by atoms with Crippen LogP contribution >= 0.6 is 0 Å². The van der Waals surface area contributed by atoms with Gasteiger partial charge in [0.25, 0.3) is 0 Å². The molecule has 1 aromatic carbocycles. The van der Waals surface area contributed by atoms with Crippen molar-refractivity contribution in [3.63, 3.8) is 0 Å². The summed E-state index contributed by atoms with van der Waals surface area (Å²) >= 11 is 0. The van der Waals surface area contributed by atoms with Crippen molar-refractivity contribution in [2.75, 3.05) is 0 Å². The maximum absolute atomic E-state index is 11.4. The maximum Gasteiger partial charge on any atom is 0.335 e. The number of fused-ring (bicyclic) bond motifs is 1. The van der Waals surface area contributed by atoms with E-state index in [2.05, 4.69) is 57.7 Å². The van der Waals surface area contributed by atoms with Crippen molar-refractivity contribution in [1.82, 2.24) is 15.2 Å². The van der Waals surface area contributed by atoms with E-state index in [9.17, 15) is 9.90 Å². The molecule has 0 radical (unpaired) electrons. The van der Waals surface area contributed by atoms with Crippen LogP contribution in [0.5, 0.6) is 0 Å². The fraction of sp³-hybridized carbons (Fsp3) is 0.0690. The summed E-state index contributed by atoms with van der Waals surface area (Å²) in [5.41, 5.74) is 9.01. The van der Waals surface area contributed by atoms with Crippen LogP contribution in [-0.2, 0) is 0 Å². The number of H-pyrrole nitrogens is 1. The lowest BCUT2D eigenvalue weighted by Gasteiger charge is -2.09. The Hall–Kier alpha value is -4.51. The second-order valence-electron chi connectivity index (χ2n) is 8.17. The fourth-order valence-electron chi connectivity index (χ4n) is 4.13. The number of rotatable bonds is 4. The first kappa shape index (κ1) is 21.3. The predicted molar refractivity (Wildman–Crippen MR) is 135 cm³/mol. The van der Waals surface area contributed by atoms with Crippen LogP contribution in [0.1, 0.15) is 33.6 Å². The number of carbonyl (C=O) groups is 1. The highest BCUT2D eigenvalue weighted by atomic mass is 16.4. The number of nitrogens with one attached hydrogen (secondary N) is 1. The number of allylic oxidation sites excluding steroid dienone is 12. The van der Waals surface area contributed by atoms with Gasteiger partial charge in [0, 0.05) is 17.5 Å². The third-order valence-electron chi connectivity index (χ3n) is 5.84. The Labute approximate surface area is 197 Å². The smallest absolute Gasteiger partial charge is 0.335 e. The molecule has 0 fully saturated rings. The largest absolute Gasteiger partial charge is 0.478 e. The lowest BCUT2D eigenvalue weighted by atomic mass is 9.95. The van der Waals surface area contributed by atoms with Gasteiger partial charge in [0.2, 0.25) is 0 Å². The molecule has 0 aliphatic heterocycles. The number of nitrogens with zero attached hydrogens (tertiary/aromatic N) is 2. The van der Waals surface area contributed by atoms with Gasteiger partial charge in [0.15, 0.2) is 0 Å². The Morgan fingerprint density at radius 1 is 0.971 bits per heavy atom. The van der Waals surface area contributed by atoms with E-state index >= 15 is 0 Å². The van der Waals surface area contributed by atoms with E-state index in [0.717, 1.165) is 56.9 Å². The third kappa shape index (κ3) is 4.36. The minimum atomic E-state index is -0.923. The molecule has 0 amide bonds. The molecule has 2 aliphatic rings. The van der Waals surface area contributed by atoms with E-state index in [4.69, 9.17) is 0 Å². The Kier molecular flexibility index (Phi) is 5.75. The van der Waals surface area contributed by atoms with Gasteiger partial charge in [0.1, 0.15) is 5.69 Å². The van der Waals surface area contributed by atoms with Gasteiger partial charge in [-0.05, 0) is 71.5 Å². The maximum atomic E-state index is 11.4. The van der Waals surface area contributed by atoms with Crippen molar-refractivity contribution < 1.29 is 9.90 Å². The third-order valence-corrected chi connectivity index (χ3v) is 5.84. The van der Waals surface area contributed by atoms with E-state index in [1.54, 1.807) is 18.2 Å². The molecule has 166 valence electrons. The standard InChI is InChI=1S/C29H23N3O2/c1-19-6-2-13-27(31-19)28-26(18-30-32-28)21-8-4-9-22-16-23(10-3-7-20(22)14-15-21)24-11-5-12-25(17-24)29(33)34/h2,4-18H,3H2,1H3,(H,30,32)(H,33,34)/b9-4+,15-14-,21-8-. The average molecular weight is 446 g/mol. The van der Waals surface area contributed by atoms with Crippen LogP contribution in [0.25, 0.3) is 22.5 Å². The number of aromatic amines is 1. The van der Waals surface area contributed by atoms with E-state index in [-0.39, 0.29) is 5.56 Å². The van der Waals surface area contributed by atoms with E-state index < -0.39 is 5.97 Å². The minimum Gasteiger partial charge on any atom is -0.478 e. The highest BCUT2D eigenvalue weighted by Crippen LogP contribution is 2.31. The molecule has 5 rings (SSSR count). The summed E-state index contributed by atoms with van der Waals surface area (Å²) in [5.74, 6) is -0.923. The van der Waals surface area contributed by atoms with E-state index in [1.807, 2.05) is 43.5 Å². The van der Waals surface area contributed by atoms with Crippen LogP contribution in [0.15, 0.2) is 108 Å². The topological polar surface area (TPSA) is 78.9 Å². The predicted octanol–water partition coefficient (Wildman–Crippen LogP) is 6.33. The molecule has 5 heteroatoms. The molecular formula is C29H23N3O2. The van der Waals surface area contributed by atoms with Gasteiger partial charge >= 0.3 is 5.97 Å². The summed E-state index contributed by atoms with van der Waals surface area (Å²) < 4.78 is 0. The van der Waals surface area contributed by atoms with Crippen molar-refractivity contribution >= 4 is 17.1 Å². The number of pyridine rings is 1. The molecule has 5 nitrogen and oxygen atoms in total. The summed E-state index contributed by atoms with van der Waals surface area (Å²) in [4.78, 5) is 16.0. The van der Waals surface area contributed by atoms with Crippen molar-refractivity contribution in [2.45, 2.75) is 13.3 Å².